The van der Waals surface area contributed by atoms with Gasteiger partial charge in [-0.1, -0.05) is 5.16 Å². The summed E-state index contributed by atoms with van der Waals surface area (Å²) in [6.07, 6.45) is 2.36. The smallest absolute Gasteiger partial charge is 0.242 e. The third kappa shape index (κ3) is 2.41. The number of amides is 1. The van der Waals surface area contributed by atoms with Crippen molar-refractivity contribution in [1.29, 1.82) is 0 Å². The number of nitrogens with one attached hydrogen (secondary N) is 1. The summed E-state index contributed by atoms with van der Waals surface area (Å²) >= 11 is 0. The highest BCUT2D eigenvalue weighted by atomic mass is 16.5. The Morgan fingerprint density at radius 1 is 1.56 bits per heavy atom. The van der Waals surface area contributed by atoms with Gasteiger partial charge < -0.3 is 9.84 Å². The van der Waals surface area contributed by atoms with Crippen LogP contribution in [0.1, 0.15) is 25.5 Å². The molecule has 0 radical (unpaired) electrons. The molecule has 2 heterocycles. The molecular formula is C11H17N3O2. The molecule has 1 aliphatic rings. The van der Waals surface area contributed by atoms with Gasteiger partial charge in [0.15, 0.2) is 5.82 Å². The number of carbonyl (C=O) groups is 1. The van der Waals surface area contributed by atoms with Gasteiger partial charge in [-0.2, -0.15) is 0 Å². The van der Waals surface area contributed by atoms with Crippen LogP contribution in [0.5, 0.6) is 0 Å². The van der Waals surface area contributed by atoms with Gasteiger partial charge in [-0.05, 0) is 39.8 Å². The zero-order chi connectivity index (χ0) is 11.5. The number of likely N-dealkylation sites (tertiary alicyclic amines) is 1. The molecule has 0 unspecified atom stereocenters. The van der Waals surface area contributed by atoms with Gasteiger partial charge in [0.1, 0.15) is 5.76 Å². The molecule has 1 aliphatic heterocycles. The quantitative estimate of drug-likeness (QED) is 0.841. The monoisotopic (exact) mass is 223 g/mol. The van der Waals surface area contributed by atoms with E-state index in [4.69, 9.17) is 4.52 Å². The summed E-state index contributed by atoms with van der Waals surface area (Å²) in [5.41, 5.74) is 0. The number of hydrogen-bond acceptors (Lipinski definition) is 4. The maximum Gasteiger partial charge on any atom is 0.242 e. The number of nitrogens with zero attached hydrogens (tertiary/aromatic N) is 2. The second kappa shape index (κ2) is 4.65. The van der Waals surface area contributed by atoms with Crippen LogP contribution in [0.25, 0.3) is 0 Å². The first-order chi connectivity index (χ1) is 7.66. The molecular weight excluding hydrogens is 206 g/mol. The second-order valence-corrected chi connectivity index (χ2v) is 4.23. The molecule has 1 saturated heterocycles. The lowest BCUT2D eigenvalue weighted by atomic mass is 10.3. The predicted octanol–water partition coefficient (Wildman–Crippen LogP) is 1.41. The van der Waals surface area contributed by atoms with Crippen molar-refractivity contribution < 1.29 is 9.32 Å². The van der Waals surface area contributed by atoms with Crippen molar-refractivity contribution in [3.05, 3.63) is 11.8 Å². The third-order valence-corrected chi connectivity index (χ3v) is 2.95. The average molecular weight is 223 g/mol. The molecule has 16 heavy (non-hydrogen) atoms. The molecule has 5 heteroatoms. The Hall–Kier alpha value is -1.36. The van der Waals surface area contributed by atoms with E-state index in [2.05, 4.69) is 15.4 Å². The fraction of sp³-hybridized carbons (Fsp3) is 0.636. The minimum atomic E-state index is -0.0977. The van der Waals surface area contributed by atoms with Crippen LogP contribution in [0.2, 0.25) is 0 Å². The van der Waals surface area contributed by atoms with Gasteiger partial charge >= 0.3 is 0 Å². The highest BCUT2D eigenvalue weighted by Gasteiger charge is 2.24. The van der Waals surface area contributed by atoms with Crippen LogP contribution in [0.15, 0.2) is 10.6 Å². The van der Waals surface area contributed by atoms with Crippen molar-refractivity contribution in [2.45, 2.75) is 32.7 Å². The summed E-state index contributed by atoms with van der Waals surface area (Å²) in [5.74, 6) is 1.17. The summed E-state index contributed by atoms with van der Waals surface area (Å²) < 4.78 is 4.89. The molecule has 0 bridgehead atoms. The Bertz CT molecular complexity index is 369. The molecule has 1 aromatic rings. The molecule has 1 amide bonds. The largest absolute Gasteiger partial charge is 0.360 e. The van der Waals surface area contributed by atoms with Crippen LogP contribution < -0.4 is 5.32 Å². The van der Waals surface area contributed by atoms with Gasteiger partial charge in [0, 0.05) is 6.07 Å². The highest BCUT2D eigenvalue weighted by Crippen LogP contribution is 2.13. The molecule has 0 aliphatic carbocycles. The Kier molecular flexibility index (Phi) is 3.24. The number of rotatable bonds is 3. The van der Waals surface area contributed by atoms with Gasteiger partial charge in [0.05, 0.1) is 6.04 Å². The van der Waals surface area contributed by atoms with Crippen molar-refractivity contribution in [3.8, 4) is 0 Å². The summed E-state index contributed by atoms with van der Waals surface area (Å²) in [7, 11) is 0. The Labute approximate surface area is 94.8 Å². The minimum Gasteiger partial charge on any atom is -0.360 e. The van der Waals surface area contributed by atoms with E-state index in [1.807, 2.05) is 6.92 Å². The van der Waals surface area contributed by atoms with E-state index in [1.165, 1.54) is 12.8 Å². The van der Waals surface area contributed by atoms with Crippen molar-refractivity contribution in [2.24, 2.45) is 0 Å². The fourth-order valence-electron chi connectivity index (χ4n) is 1.95. The molecule has 1 fully saturated rings. The van der Waals surface area contributed by atoms with Gasteiger partial charge in [-0.3, -0.25) is 9.69 Å². The molecule has 1 N–H and O–H groups in total. The zero-order valence-electron chi connectivity index (χ0n) is 9.69. The summed E-state index contributed by atoms with van der Waals surface area (Å²) in [5, 5.41) is 6.49. The first-order valence-corrected chi connectivity index (χ1v) is 5.65. The highest BCUT2D eigenvalue weighted by molar-refractivity contribution is 5.93. The second-order valence-electron chi connectivity index (χ2n) is 4.23. The molecule has 0 saturated carbocycles. The van der Waals surface area contributed by atoms with Crippen LogP contribution in [0.4, 0.5) is 5.82 Å². The average Bonchev–Trinajstić information content (AvgIpc) is 2.88. The first kappa shape index (κ1) is 11.1. The minimum absolute atomic E-state index is 0.0183. The van der Waals surface area contributed by atoms with Crippen molar-refractivity contribution in [3.63, 3.8) is 0 Å². The number of anilines is 1. The van der Waals surface area contributed by atoms with Gasteiger partial charge in [0.2, 0.25) is 5.91 Å². The summed E-state index contributed by atoms with van der Waals surface area (Å²) in [4.78, 5) is 14.1. The van der Waals surface area contributed by atoms with E-state index in [9.17, 15) is 4.79 Å². The molecule has 1 aromatic heterocycles. The van der Waals surface area contributed by atoms with Crippen molar-refractivity contribution in [2.75, 3.05) is 18.4 Å². The van der Waals surface area contributed by atoms with E-state index in [1.54, 1.807) is 13.0 Å². The molecule has 1 atom stereocenters. The molecule has 5 nitrogen and oxygen atoms in total. The van der Waals surface area contributed by atoms with Gasteiger partial charge in [0.25, 0.3) is 0 Å². The fourth-order valence-corrected chi connectivity index (χ4v) is 1.95. The lowest BCUT2D eigenvalue weighted by Gasteiger charge is -2.21. The maximum absolute atomic E-state index is 11.9. The Morgan fingerprint density at radius 2 is 2.25 bits per heavy atom. The van der Waals surface area contributed by atoms with E-state index in [0.29, 0.717) is 11.6 Å². The normalized spacial score (nSPS) is 18.6. The van der Waals surface area contributed by atoms with Crippen LogP contribution >= 0.6 is 0 Å². The molecule has 88 valence electrons. The Balaban J connectivity index is 1.92. The van der Waals surface area contributed by atoms with Crippen LogP contribution in [0, 0.1) is 6.92 Å². The Morgan fingerprint density at radius 3 is 2.81 bits per heavy atom. The number of aryl methyl sites for hydroxylation is 1. The lowest BCUT2D eigenvalue weighted by molar-refractivity contribution is -0.120. The van der Waals surface area contributed by atoms with E-state index >= 15 is 0 Å². The molecule has 0 spiro atoms. The molecule has 0 aromatic carbocycles. The summed E-state index contributed by atoms with van der Waals surface area (Å²) in [6.45, 7) is 5.74. The van der Waals surface area contributed by atoms with Gasteiger partial charge in [-0.25, -0.2) is 0 Å². The first-order valence-electron chi connectivity index (χ1n) is 5.65. The van der Waals surface area contributed by atoms with E-state index < -0.39 is 0 Å². The number of carbonyl (C=O) groups excluding carboxylic acids is 1. The van der Waals surface area contributed by atoms with Gasteiger partial charge in [-0.15, -0.1) is 0 Å². The third-order valence-electron chi connectivity index (χ3n) is 2.95. The zero-order valence-corrected chi connectivity index (χ0v) is 9.69. The maximum atomic E-state index is 11.9. The standard InChI is InChI=1S/C11H17N3O2/c1-8-7-10(13-16-8)12-11(15)9(2)14-5-3-4-6-14/h7,9H,3-6H2,1-2H3,(H,12,13,15)/t9-/m0/s1. The van der Waals surface area contributed by atoms with Crippen LogP contribution in [0.3, 0.4) is 0 Å². The lowest BCUT2D eigenvalue weighted by Crippen LogP contribution is -2.40. The van der Waals surface area contributed by atoms with E-state index in [-0.39, 0.29) is 11.9 Å². The van der Waals surface area contributed by atoms with Crippen LogP contribution in [-0.2, 0) is 4.79 Å². The summed E-state index contributed by atoms with van der Waals surface area (Å²) in [6, 6.07) is 1.62. The van der Waals surface area contributed by atoms with Crippen LogP contribution in [-0.4, -0.2) is 35.1 Å². The molecule has 2 rings (SSSR count). The SMILES string of the molecule is Cc1cc(NC(=O)[C@H](C)N2CCCC2)no1. The topological polar surface area (TPSA) is 58.4 Å². The van der Waals surface area contributed by atoms with Crippen molar-refractivity contribution in [1.82, 2.24) is 10.1 Å². The number of aromatic nitrogens is 1. The predicted molar refractivity (Wildman–Crippen MR) is 60.1 cm³/mol. The van der Waals surface area contributed by atoms with Crippen molar-refractivity contribution >= 4 is 11.7 Å². The number of hydrogen-bond donors (Lipinski definition) is 1. The van der Waals surface area contributed by atoms with E-state index in [0.717, 1.165) is 13.1 Å².